The van der Waals surface area contributed by atoms with Crippen molar-refractivity contribution >= 4 is 43.7 Å². The summed E-state index contributed by atoms with van der Waals surface area (Å²) in [6, 6.07) is 15.6. The molecule has 5 aromatic rings. The zero-order chi connectivity index (χ0) is 19.6. The molecule has 0 saturated carbocycles. The number of fused-ring (bicyclic) bond motifs is 5. The summed E-state index contributed by atoms with van der Waals surface area (Å²) >= 11 is 0. The Bertz CT molecular complexity index is 1490. The van der Waals surface area contributed by atoms with Gasteiger partial charge in [0.15, 0.2) is 0 Å². The second-order valence-electron chi connectivity index (χ2n) is 7.52. The second kappa shape index (κ2) is 5.81. The maximum Gasteiger partial charge on any atom is 0.336 e. The maximum absolute atomic E-state index is 13.3. The zero-order valence-corrected chi connectivity index (χ0v) is 15.8. The standard InChI is InChI=1S/C22H20N4O2/c1-24(2)9-10-25-21(27)17-12-14(23)11-16-19-15-6-4-3-5-13(15)7-8-18(19)26(20(16)17)22(25)28/h3-8,11-12H,9-10,23H2,1-2H3. The molecule has 0 amide bonds. The molecule has 0 saturated heterocycles. The first-order valence-electron chi connectivity index (χ1n) is 9.23. The zero-order valence-electron chi connectivity index (χ0n) is 15.8. The molecule has 0 radical (unpaired) electrons. The molecule has 28 heavy (non-hydrogen) atoms. The van der Waals surface area contributed by atoms with Gasteiger partial charge in [0.05, 0.1) is 16.4 Å². The third kappa shape index (κ3) is 2.18. The molecule has 0 atom stereocenters. The summed E-state index contributed by atoms with van der Waals surface area (Å²) in [4.78, 5) is 28.4. The number of hydrogen-bond acceptors (Lipinski definition) is 4. The van der Waals surface area contributed by atoms with Gasteiger partial charge in [-0.2, -0.15) is 0 Å². The fourth-order valence-corrected chi connectivity index (χ4v) is 4.15. The first kappa shape index (κ1) is 16.8. The van der Waals surface area contributed by atoms with E-state index < -0.39 is 0 Å². The molecule has 6 heteroatoms. The number of likely N-dealkylation sites (N-methyl/N-ethyl adjacent to an activating group) is 1. The highest BCUT2D eigenvalue weighted by Gasteiger charge is 2.20. The van der Waals surface area contributed by atoms with Crippen LogP contribution in [0, 0.1) is 0 Å². The monoisotopic (exact) mass is 372 g/mol. The smallest absolute Gasteiger partial charge is 0.336 e. The van der Waals surface area contributed by atoms with Crippen LogP contribution in [0.1, 0.15) is 0 Å². The van der Waals surface area contributed by atoms with Crippen molar-refractivity contribution in [3.8, 4) is 0 Å². The van der Waals surface area contributed by atoms with Gasteiger partial charge in [-0.05, 0) is 43.1 Å². The largest absolute Gasteiger partial charge is 0.399 e. The predicted octanol–water partition coefficient (Wildman–Crippen LogP) is 2.50. The van der Waals surface area contributed by atoms with E-state index >= 15 is 0 Å². The summed E-state index contributed by atoms with van der Waals surface area (Å²) in [5.41, 5.74) is 7.53. The number of nitrogens with two attached hydrogens (primary N) is 1. The van der Waals surface area contributed by atoms with Crippen molar-refractivity contribution in [1.29, 1.82) is 0 Å². The van der Waals surface area contributed by atoms with Gasteiger partial charge in [-0.25, -0.2) is 4.79 Å². The van der Waals surface area contributed by atoms with Gasteiger partial charge in [-0.1, -0.05) is 30.3 Å². The normalized spacial score (nSPS) is 12.2. The fraction of sp³-hybridized carbons (Fsp3) is 0.182. The van der Waals surface area contributed by atoms with Gasteiger partial charge in [0.2, 0.25) is 0 Å². The van der Waals surface area contributed by atoms with Crippen molar-refractivity contribution in [2.75, 3.05) is 26.4 Å². The first-order chi connectivity index (χ1) is 13.5. The van der Waals surface area contributed by atoms with Crippen molar-refractivity contribution in [1.82, 2.24) is 13.9 Å². The quantitative estimate of drug-likeness (QED) is 0.494. The molecule has 5 rings (SSSR count). The van der Waals surface area contributed by atoms with Gasteiger partial charge in [0.25, 0.3) is 5.56 Å². The maximum atomic E-state index is 13.3. The highest BCUT2D eigenvalue weighted by Crippen LogP contribution is 2.35. The van der Waals surface area contributed by atoms with Gasteiger partial charge < -0.3 is 10.6 Å². The predicted molar refractivity (Wildman–Crippen MR) is 115 cm³/mol. The van der Waals surface area contributed by atoms with E-state index in [1.807, 2.05) is 61.5 Å². The molecule has 3 aromatic carbocycles. The fourth-order valence-electron chi connectivity index (χ4n) is 4.15. The van der Waals surface area contributed by atoms with Crippen LogP contribution >= 0.6 is 0 Å². The van der Waals surface area contributed by atoms with E-state index in [0.29, 0.717) is 29.7 Å². The molecule has 0 bridgehead atoms. The van der Waals surface area contributed by atoms with Crippen molar-refractivity contribution in [2.24, 2.45) is 0 Å². The number of anilines is 1. The Morgan fingerprint density at radius 2 is 1.71 bits per heavy atom. The van der Waals surface area contributed by atoms with Crippen LogP contribution in [0.2, 0.25) is 0 Å². The minimum atomic E-state index is -0.306. The molecule has 0 aliphatic rings. The van der Waals surface area contributed by atoms with Crippen LogP contribution in [-0.4, -0.2) is 34.5 Å². The van der Waals surface area contributed by atoms with E-state index in [1.54, 1.807) is 10.5 Å². The molecule has 0 aliphatic carbocycles. The summed E-state index contributed by atoms with van der Waals surface area (Å²) in [6.45, 7) is 0.925. The van der Waals surface area contributed by atoms with Crippen LogP contribution in [0.4, 0.5) is 5.69 Å². The third-order valence-corrected chi connectivity index (χ3v) is 5.44. The van der Waals surface area contributed by atoms with Crippen LogP contribution in [0.15, 0.2) is 58.1 Å². The summed E-state index contributed by atoms with van der Waals surface area (Å²) in [5.74, 6) is 0. The molecule has 0 aliphatic heterocycles. The molecule has 2 heterocycles. The van der Waals surface area contributed by atoms with E-state index in [-0.39, 0.29) is 11.2 Å². The number of hydrogen-bond donors (Lipinski definition) is 1. The van der Waals surface area contributed by atoms with Crippen molar-refractivity contribution in [3.63, 3.8) is 0 Å². The molecule has 0 fully saturated rings. The lowest BCUT2D eigenvalue weighted by molar-refractivity contribution is 0.376. The number of aromatic nitrogens is 2. The summed E-state index contributed by atoms with van der Waals surface area (Å²) in [6.07, 6.45) is 0. The van der Waals surface area contributed by atoms with Gasteiger partial charge in [-0.3, -0.25) is 13.8 Å². The molecular weight excluding hydrogens is 352 g/mol. The van der Waals surface area contributed by atoms with E-state index in [2.05, 4.69) is 0 Å². The summed E-state index contributed by atoms with van der Waals surface area (Å²) in [5, 5.41) is 4.41. The third-order valence-electron chi connectivity index (χ3n) is 5.44. The number of nitrogens with zero attached hydrogens (tertiary/aromatic N) is 3. The van der Waals surface area contributed by atoms with Gasteiger partial charge in [0.1, 0.15) is 0 Å². The van der Waals surface area contributed by atoms with Crippen LogP contribution in [0.3, 0.4) is 0 Å². The Kier molecular flexibility index (Phi) is 3.48. The number of nitrogen functional groups attached to an aromatic ring is 1. The molecule has 0 spiro atoms. The Morgan fingerprint density at radius 1 is 0.964 bits per heavy atom. The van der Waals surface area contributed by atoms with E-state index in [0.717, 1.165) is 27.1 Å². The number of benzene rings is 3. The van der Waals surface area contributed by atoms with E-state index in [1.165, 1.54) is 4.57 Å². The Balaban J connectivity index is 2.06. The van der Waals surface area contributed by atoms with Crippen molar-refractivity contribution in [2.45, 2.75) is 6.54 Å². The lowest BCUT2D eigenvalue weighted by atomic mass is 10.0. The molecule has 6 nitrogen and oxygen atoms in total. The topological polar surface area (TPSA) is 72.7 Å². The lowest BCUT2D eigenvalue weighted by Crippen LogP contribution is -2.39. The summed E-state index contributed by atoms with van der Waals surface area (Å²) in [7, 11) is 3.83. The van der Waals surface area contributed by atoms with Crippen molar-refractivity contribution < 1.29 is 0 Å². The van der Waals surface area contributed by atoms with Gasteiger partial charge in [0, 0.05) is 29.5 Å². The SMILES string of the molecule is CN(C)CCn1c(=O)c2cc(N)cc3c4c5ccccc5ccc4n(c1=O)c23. The summed E-state index contributed by atoms with van der Waals surface area (Å²) < 4.78 is 2.98. The van der Waals surface area contributed by atoms with Crippen LogP contribution in [-0.2, 0) is 6.54 Å². The van der Waals surface area contributed by atoms with Crippen molar-refractivity contribution in [3.05, 3.63) is 69.4 Å². The Hall–Kier alpha value is -3.38. The van der Waals surface area contributed by atoms with Gasteiger partial charge in [-0.15, -0.1) is 0 Å². The first-order valence-corrected chi connectivity index (χ1v) is 9.23. The van der Waals surface area contributed by atoms with Crippen LogP contribution < -0.4 is 17.0 Å². The van der Waals surface area contributed by atoms with Crippen LogP contribution in [0.25, 0.3) is 38.0 Å². The molecule has 0 unspecified atom stereocenters. The average Bonchev–Trinajstić information content (AvgIpc) is 3.00. The Labute approximate surface area is 160 Å². The highest BCUT2D eigenvalue weighted by atomic mass is 16.2. The Morgan fingerprint density at radius 3 is 2.50 bits per heavy atom. The molecule has 140 valence electrons. The minimum Gasteiger partial charge on any atom is -0.399 e. The van der Waals surface area contributed by atoms with E-state index in [4.69, 9.17) is 5.73 Å². The lowest BCUT2D eigenvalue weighted by Gasteiger charge is -2.12. The van der Waals surface area contributed by atoms with Crippen LogP contribution in [0.5, 0.6) is 0 Å². The van der Waals surface area contributed by atoms with Gasteiger partial charge >= 0.3 is 5.69 Å². The molecule has 2 N–H and O–H groups in total. The number of rotatable bonds is 3. The minimum absolute atomic E-state index is 0.288. The molecular formula is C22H20N4O2. The van der Waals surface area contributed by atoms with E-state index in [9.17, 15) is 9.59 Å². The average molecular weight is 372 g/mol. The highest BCUT2D eigenvalue weighted by molar-refractivity contribution is 6.23. The molecule has 2 aromatic heterocycles. The second-order valence-corrected chi connectivity index (χ2v) is 7.52.